The number of hydrogen-bond acceptors (Lipinski definition) is 4. The zero-order valence-electron chi connectivity index (χ0n) is 13.7. The average molecular weight is 346 g/mol. The van der Waals surface area contributed by atoms with Gasteiger partial charge in [0.2, 0.25) is 5.91 Å². The first-order valence-electron chi connectivity index (χ1n) is 8.25. The number of halogens is 1. The monoisotopic (exact) mass is 346 g/mol. The van der Waals surface area contributed by atoms with Gasteiger partial charge in [0.05, 0.1) is 17.7 Å². The molecule has 1 N–H and O–H groups in total. The summed E-state index contributed by atoms with van der Waals surface area (Å²) in [6.45, 7) is 0.828. The second-order valence-corrected chi connectivity index (χ2v) is 6.12. The van der Waals surface area contributed by atoms with Crippen LogP contribution in [0.5, 0.6) is 0 Å². The zero-order chi connectivity index (χ0) is 17.8. The van der Waals surface area contributed by atoms with E-state index in [1.165, 1.54) is 12.3 Å². The molecule has 0 saturated carbocycles. The molecule has 2 aromatic rings. The van der Waals surface area contributed by atoms with Crippen LogP contribution in [0.3, 0.4) is 0 Å². The van der Waals surface area contributed by atoms with Gasteiger partial charge in [0, 0.05) is 25.9 Å². The predicted molar refractivity (Wildman–Crippen MR) is 87.2 cm³/mol. The molecule has 1 aromatic heterocycles. The number of aromatic nitrogens is 1. The van der Waals surface area contributed by atoms with Crippen molar-refractivity contribution in [3.8, 4) is 11.3 Å². The van der Waals surface area contributed by atoms with Crippen LogP contribution < -0.4 is 0 Å². The first-order chi connectivity index (χ1) is 12.0. The van der Waals surface area contributed by atoms with E-state index in [1.54, 1.807) is 23.1 Å². The maximum atomic E-state index is 13.7. The molecule has 25 heavy (non-hydrogen) atoms. The van der Waals surface area contributed by atoms with Gasteiger partial charge in [-0.1, -0.05) is 12.1 Å². The molecule has 1 atom stereocenters. The Labute approximate surface area is 144 Å². The summed E-state index contributed by atoms with van der Waals surface area (Å²) in [5, 5.41) is 9.09. The fraction of sp³-hybridized carbons (Fsp3) is 0.389. The summed E-state index contributed by atoms with van der Waals surface area (Å²) >= 11 is 0. The van der Waals surface area contributed by atoms with Crippen molar-refractivity contribution in [2.45, 2.75) is 25.7 Å². The van der Waals surface area contributed by atoms with Gasteiger partial charge >= 0.3 is 5.97 Å². The maximum Gasteiger partial charge on any atom is 0.308 e. The molecule has 0 bridgehead atoms. The van der Waals surface area contributed by atoms with E-state index in [2.05, 4.69) is 4.98 Å². The third-order valence-corrected chi connectivity index (χ3v) is 4.37. The van der Waals surface area contributed by atoms with Crippen LogP contribution in [0.15, 0.2) is 34.9 Å². The summed E-state index contributed by atoms with van der Waals surface area (Å²) in [5.74, 6) is -1.18. The molecule has 1 amide bonds. The van der Waals surface area contributed by atoms with Crippen LogP contribution >= 0.6 is 0 Å². The molecule has 1 aromatic carbocycles. The average Bonchev–Trinajstić information content (AvgIpc) is 3.09. The summed E-state index contributed by atoms with van der Waals surface area (Å²) in [7, 11) is 0. The number of carboxylic acids is 1. The van der Waals surface area contributed by atoms with E-state index in [9.17, 15) is 14.0 Å². The Morgan fingerprint density at radius 1 is 1.36 bits per heavy atom. The number of piperidine rings is 1. The van der Waals surface area contributed by atoms with Gasteiger partial charge in [0.25, 0.3) is 0 Å². The van der Waals surface area contributed by atoms with Gasteiger partial charge in [0.1, 0.15) is 5.82 Å². The maximum absolute atomic E-state index is 13.7. The molecule has 1 fully saturated rings. The predicted octanol–water partition coefficient (Wildman–Crippen LogP) is 2.74. The van der Waals surface area contributed by atoms with Gasteiger partial charge in [0.15, 0.2) is 11.7 Å². The van der Waals surface area contributed by atoms with E-state index in [4.69, 9.17) is 9.52 Å². The van der Waals surface area contributed by atoms with Crippen molar-refractivity contribution < 1.29 is 23.5 Å². The summed E-state index contributed by atoms with van der Waals surface area (Å²) in [4.78, 5) is 29.0. The standard InChI is InChI=1S/C18H19FN2O4/c19-14-6-2-1-5-13(14)15-10-20-16(25-15)7-8-17(22)21-9-3-4-12(11-21)18(23)24/h1-2,5-6,10,12H,3-4,7-9,11H2,(H,23,24). The van der Waals surface area contributed by atoms with Crippen LogP contribution in [-0.2, 0) is 16.0 Å². The number of rotatable bonds is 5. The lowest BCUT2D eigenvalue weighted by Crippen LogP contribution is -2.42. The number of nitrogens with zero attached hydrogens (tertiary/aromatic N) is 2. The summed E-state index contributed by atoms with van der Waals surface area (Å²) in [6, 6.07) is 6.25. The minimum Gasteiger partial charge on any atom is -0.481 e. The van der Waals surface area contributed by atoms with Crippen LogP contribution in [0.1, 0.15) is 25.2 Å². The highest BCUT2D eigenvalue weighted by molar-refractivity contribution is 5.78. The molecule has 1 saturated heterocycles. The van der Waals surface area contributed by atoms with Gasteiger partial charge in [-0.25, -0.2) is 9.37 Å². The molecular weight excluding hydrogens is 327 g/mol. The van der Waals surface area contributed by atoms with Crippen LogP contribution in [-0.4, -0.2) is 40.0 Å². The Hall–Kier alpha value is -2.70. The molecular formula is C18H19FN2O4. The third-order valence-electron chi connectivity index (χ3n) is 4.37. The summed E-state index contributed by atoms with van der Waals surface area (Å²) in [5.41, 5.74) is 0.327. The SMILES string of the molecule is O=C(O)C1CCCN(C(=O)CCc2ncc(-c3ccccc3F)o2)C1. The second kappa shape index (κ2) is 7.46. The number of amides is 1. The van der Waals surface area contributed by atoms with Crippen molar-refractivity contribution in [2.75, 3.05) is 13.1 Å². The van der Waals surface area contributed by atoms with Crippen molar-refractivity contribution in [3.05, 3.63) is 42.2 Å². The molecule has 7 heteroatoms. The fourth-order valence-corrected chi connectivity index (χ4v) is 2.99. The number of aliphatic carboxylic acids is 1. The Morgan fingerprint density at radius 2 is 2.16 bits per heavy atom. The van der Waals surface area contributed by atoms with Gasteiger partial charge < -0.3 is 14.4 Å². The van der Waals surface area contributed by atoms with Crippen LogP contribution in [0, 0.1) is 11.7 Å². The van der Waals surface area contributed by atoms with E-state index >= 15 is 0 Å². The fourth-order valence-electron chi connectivity index (χ4n) is 2.99. The second-order valence-electron chi connectivity index (χ2n) is 6.12. The molecule has 1 unspecified atom stereocenters. The van der Waals surface area contributed by atoms with Crippen molar-refractivity contribution >= 4 is 11.9 Å². The molecule has 3 rings (SSSR count). The number of carboxylic acid groups (broad SMARTS) is 1. The Morgan fingerprint density at radius 3 is 2.92 bits per heavy atom. The lowest BCUT2D eigenvalue weighted by molar-refractivity contribution is -0.145. The quantitative estimate of drug-likeness (QED) is 0.900. The number of benzene rings is 1. The molecule has 0 radical (unpaired) electrons. The number of oxazole rings is 1. The Bertz CT molecular complexity index is 774. The zero-order valence-corrected chi connectivity index (χ0v) is 13.7. The van der Waals surface area contributed by atoms with Crippen molar-refractivity contribution in [2.24, 2.45) is 5.92 Å². The number of carbonyl (C=O) groups is 2. The summed E-state index contributed by atoms with van der Waals surface area (Å²) in [6.07, 6.45) is 3.22. The molecule has 2 heterocycles. The van der Waals surface area contributed by atoms with Gasteiger partial charge in [-0.2, -0.15) is 0 Å². The molecule has 6 nitrogen and oxygen atoms in total. The largest absolute Gasteiger partial charge is 0.481 e. The molecule has 0 aliphatic carbocycles. The number of aryl methyl sites for hydroxylation is 1. The minimum atomic E-state index is -0.861. The highest BCUT2D eigenvalue weighted by atomic mass is 19.1. The lowest BCUT2D eigenvalue weighted by Gasteiger charge is -2.30. The molecule has 1 aliphatic heterocycles. The van der Waals surface area contributed by atoms with Crippen LogP contribution in [0.25, 0.3) is 11.3 Å². The first kappa shape index (κ1) is 17.1. The van der Waals surface area contributed by atoms with Crippen molar-refractivity contribution in [1.29, 1.82) is 0 Å². The number of likely N-dealkylation sites (tertiary alicyclic amines) is 1. The normalized spacial score (nSPS) is 17.5. The van der Waals surface area contributed by atoms with Gasteiger partial charge in [-0.15, -0.1) is 0 Å². The highest BCUT2D eigenvalue weighted by Gasteiger charge is 2.28. The van der Waals surface area contributed by atoms with Crippen LogP contribution in [0.4, 0.5) is 4.39 Å². The highest BCUT2D eigenvalue weighted by Crippen LogP contribution is 2.24. The van der Waals surface area contributed by atoms with E-state index in [-0.39, 0.29) is 18.9 Å². The van der Waals surface area contributed by atoms with E-state index in [1.807, 2.05) is 0 Å². The molecule has 132 valence electrons. The van der Waals surface area contributed by atoms with E-state index in [0.717, 1.165) is 0 Å². The van der Waals surface area contributed by atoms with E-state index in [0.29, 0.717) is 43.0 Å². The number of hydrogen-bond donors (Lipinski definition) is 1. The molecule has 0 spiro atoms. The van der Waals surface area contributed by atoms with Gasteiger partial charge in [-0.05, 0) is 25.0 Å². The van der Waals surface area contributed by atoms with E-state index < -0.39 is 17.7 Å². The van der Waals surface area contributed by atoms with Gasteiger partial charge in [-0.3, -0.25) is 9.59 Å². The minimum absolute atomic E-state index is 0.114. The smallest absolute Gasteiger partial charge is 0.308 e. The third kappa shape index (κ3) is 4.04. The Balaban J connectivity index is 1.58. The Kier molecular flexibility index (Phi) is 5.11. The first-order valence-corrected chi connectivity index (χ1v) is 8.25. The molecule has 1 aliphatic rings. The van der Waals surface area contributed by atoms with Crippen molar-refractivity contribution in [1.82, 2.24) is 9.88 Å². The lowest BCUT2D eigenvalue weighted by atomic mass is 9.98. The topological polar surface area (TPSA) is 83.6 Å². The van der Waals surface area contributed by atoms with Crippen molar-refractivity contribution in [3.63, 3.8) is 0 Å². The summed E-state index contributed by atoms with van der Waals surface area (Å²) < 4.78 is 19.3. The van der Waals surface area contributed by atoms with Crippen LogP contribution in [0.2, 0.25) is 0 Å². The number of carbonyl (C=O) groups excluding carboxylic acids is 1.